The average Bonchev–Trinajstić information content (AvgIpc) is 2.70. The molecule has 2 rings (SSSR count). The van der Waals surface area contributed by atoms with Crippen LogP contribution in [0.5, 0.6) is 0 Å². The zero-order valence-electron chi connectivity index (χ0n) is 9.64. The largest absolute Gasteiger partial charge is 0.302 e. The molecular weight excluding hydrogens is 198 g/mol. The number of imidazole rings is 1. The molecule has 82 valence electrons. The van der Waals surface area contributed by atoms with E-state index in [1.54, 1.807) is 0 Å². The lowest BCUT2D eigenvalue weighted by Gasteiger charge is -2.10. The summed E-state index contributed by atoms with van der Waals surface area (Å²) in [6.45, 7) is 4.31. The molecule has 3 nitrogen and oxygen atoms in total. The second-order valence-electron chi connectivity index (χ2n) is 3.90. The summed E-state index contributed by atoms with van der Waals surface area (Å²) in [5.41, 5.74) is 1.44. The molecule has 0 aliphatic heterocycles. The van der Waals surface area contributed by atoms with Gasteiger partial charge >= 0.3 is 0 Å². The summed E-state index contributed by atoms with van der Waals surface area (Å²) in [6.07, 6.45) is 4.08. The first-order valence-corrected chi connectivity index (χ1v) is 5.68. The van der Waals surface area contributed by atoms with Gasteiger partial charge in [-0.3, -0.25) is 0 Å². The van der Waals surface area contributed by atoms with Crippen LogP contribution in [-0.2, 0) is 0 Å². The van der Waals surface area contributed by atoms with Crippen molar-refractivity contribution in [1.29, 1.82) is 5.26 Å². The van der Waals surface area contributed by atoms with Gasteiger partial charge < -0.3 is 4.40 Å². The zero-order chi connectivity index (χ0) is 11.5. The summed E-state index contributed by atoms with van der Waals surface area (Å²) in [5.74, 6) is 1.44. The molecule has 0 saturated carbocycles. The molecular formula is C13H15N3. The summed E-state index contributed by atoms with van der Waals surface area (Å²) < 4.78 is 2.04. The van der Waals surface area contributed by atoms with Gasteiger partial charge in [0.2, 0.25) is 0 Å². The van der Waals surface area contributed by atoms with E-state index in [0.717, 1.165) is 24.2 Å². The molecule has 0 fully saturated rings. The van der Waals surface area contributed by atoms with Crippen molar-refractivity contribution in [2.75, 3.05) is 0 Å². The topological polar surface area (TPSA) is 41.1 Å². The Balaban J connectivity index is 2.67. The summed E-state index contributed by atoms with van der Waals surface area (Å²) in [5, 5.41) is 9.05. The first kappa shape index (κ1) is 10.7. The molecule has 0 amide bonds. The molecule has 3 heteroatoms. The maximum Gasteiger partial charge on any atom is 0.166 e. The van der Waals surface area contributed by atoms with Gasteiger partial charge in [-0.25, -0.2) is 4.98 Å². The van der Waals surface area contributed by atoms with Crippen LogP contribution in [0.4, 0.5) is 0 Å². The molecule has 0 N–H and O–H groups in total. The standard InChI is InChI=1S/C13H15N3/c1-3-10(4-2)13-15-11(9-14)12-7-5-6-8-16(12)13/h5-8,10H,3-4H2,1-2H3. The summed E-state index contributed by atoms with van der Waals surface area (Å²) in [4.78, 5) is 4.45. The van der Waals surface area contributed by atoms with Crippen molar-refractivity contribution in [2.45, 2.75) is 32.6 Å². The van der Waals surface area contributed by atoms with Crippen LogP contribution in [0.15, 0.2) is 24.4 Å². The highest BCUT2D eigenvalue weighted by atomic mass is 15.0. The molecule has 0 saturated heterocycles. The van der Waals surface area contributed by atoms with Crippen molar-refractivity contribution in [3.8, 4) is 6.07 Å². The first-order valence-electron chi connectivity index (χ1n) is 5.68. The molecule has 0 spiro atoms. The van der Waals surface area contributed by atoms with Crippen molar-refractivity contribution in [3.63, 3.8) is 0 Å². The number of pyridine rings is 1. The van der Waals surface area contributed by atoms with Crippen LogP contribution in [0.1, 0.15) is 44.1 Å². The predicted molar refractivity (Wildman–Crippen MR) is 63.2 cm³/mol. The third-order valence-electron chi connectivity index (χ3n) is 3.03. The van der Waals surface area contributed by atoms with Gasteiger partial charge in [0.05, 0.1) is 5.52 Å². The molecule has 2 aromatic heterocycles. The van der Waals surface area contributed by atoms with E-state index in [0.29, 0.717) is 11.6 Å². The van der Waals surface area contributed by atoms with Gasteiger partial charge in [0.15, 0.2) is 5.69 Å². The number of hydrogen-bond donors (Lipinski definition) is 0. The average molecular weight is 213 g/mol. The SMILES string of the molecule is CCC(CC)c1nc(C#N)c2ccccn12. The van der Waals surface area contributed by atoms with Gasteiger partial charge in [-0.15, -0.1) is 0 Å². The van der Waals surface area contributed by atoms with E-state index in [2.05, 4.69) is 24.9 Å². The number of nitriles is 1. The molecule has 16 heavy (non-hydrogen) atoms. The van der Waals surface area contributed by atoms with E-state index >= 15 is 0 Å². The Morgan fingerprint density at radius 1 is 1.38 bits per heavy atom. The van der Waals surface area contributed by atoms with Crippen LogP contribution in [0.2, 0.25) is 0 Å². The normalized spacial score (nSPS) is 10.9. The Morgan fingerprint density at radius 2 is 2.12 bits per heavy atom. The summed E-state index contributed by atoms with van der Waals surface area (Å²) >= 11 is 0. The van der Waals surface area contributed by atoms with Crippen LogP contribution in [0.3, 0.4) is 0 Å². The van der Waals surface area contributed by atoms with E-state index in [4.69, 9.17) is 5.26 Å². The predicted octanol–water partition coefficient (Wildman–Crippen LogP) is 3.11. The maximum atomic E-state index is 9.05. The van der Waals surface area contributed by atoms with Crippen molar-refractivity contribution in [2.24, 2.45) is 0 Å². The van der Waals surface area contributed by atoms with E-state index in [9.17, 15) is 0 Å². The Hall–Kier alpha value is -1.82. The van der Waals surface area contributed by atoms with Gasteiger partial charge in [0.1, 0.15) is 11.9 Å². The fourth-order valence-corrected chi connectivity index (χ4v) is 2.09. The molecule has 0 unspecified atom stereocenters. The fraction of sp³-hybridized carbons (Fsp3) is 0.385. The van der Waals surface area contributed by atoms with Gasteiger partial charge in [0.25, 0.3) is 0 Å². The number of hydrogen-bond acceptors (Lipinski definition) is 2. The Kier molecular flexibility index (Phi) is 2.91. The van der Waals surface area contributed by atoms with Crippen LogP contribution >= 0.6 is 0 Å². The lowest BCUT2D eigenvalue weighted by atomic mass is 10.0. The molecule has 0 aromatic carbocycles. The molecule has 2 aromatic rings. The van der Waals surface area contributed by atoms with Crippen LogP contribution in [-0.4, -0.2) is 9.38 Å². The van der Waals surface area contributed by atoms with E-state index in [-0.39, 0.29) is 0 Å². The Labute approximate surface area is 95.4 Å². The van der Waals surface area contributed by atoms with Gasteiger partial charge in [-0.1, -0.05) is 19.9 Å². The monoisotopic (exact) mass is 213 g/mol. The lowest BCUT2D eigenvalue weighted by molar-refractivity contribution is 0.599. The zero-order valence-corrected chi connectivity index (χ0v) is 9.64. The van der Waals surface area contributed by atoms with Crippen molar-refractivity contribution in [3.05, 3.63) is 35.9 Å². The smallest absolute Gasteiger partial charge is 0.166 e. The van der Waals surface area contributed by atoms with E-state index in [1.165, 1.54) is 0 Å². The van der Waals surface area contributed by atoms with Crippen molar-refractivity contribution >= 4 is 5.52 Å². The quantitative estimate of drug-likeness (QED) is 0.786. The van der Waals surface area contributed by atoms with Crippen molar-refractivity contribution in [1.82, 2.24) is 9.38 Å². The highest BCUT2D eigenvalue weighted by Crippen LogP contribution is 2.24. The molecule has 0 aliphatic carbocycles. The first-order chi connectivity index (χ1) is 7.81. The molecule has 0 bridgehead atoms. The maximum absolute atomic E-state index is 9.05. The molecule has 0 atom stereocenters. The van der Waals surface area contributed by atoms with Crippen LogP contribution in [0.25, 0.3) is 5.52 Å². The van der Waals surface area contributed by atoms with Crippen LogP contribution < -0.4 is 0 Å². The summed E-state index contributed by atoms with van der Waals surface area (Å²) in [7, 11) is 0. The number of fused-ring (bicyclic) bond motifs is 1. The highest BCUT2D eigenvalue weighted by molar-refractivity contribution is 5.58. The summed E-state index contributed by atoms with van der Waals surface area (Å²) in [6, 6.07) is 8.02. The number of aromatic nitrogens is 2. The Bertz CT molecular complexity index is 530. The minimum atomic E-state index is 0.428. The van der Waals surface area contributed by atoms with E-state index < -0.39 is 0 Å². The third kappa shape index (κ3) is 1.57. The van der Waals surface area contributed by atoms with Gasteiger partial charge in [-0.05, 0) is 25.0 Å². The minimum absolute atomic E-state index is 0.428. The molecule has 0 aliphatic rings. The fourth-order valence-electron chi connectivity index (χ4n) is 2.09. The Morgan fingerprint density at radius 3 is 2.75 bits per heavy atom. The van der Waals surface area contributed by atoms with Gasteiger partial charge in [-0.2, -0.15) is 5.26 Å². The second-order valence-corrected chi connectivity index (χ2v) is 3.90. The third-order valence-corrected chi connectivity index (χ3v) is 3.03. The number of nitrogens with zero attached hydrogens (tertiary/aromatic N) is 3. The highest BCUT2D eigenvalue weighted by Gasteiger charge is 2.16. The molecule has 2 heterocycles. The van der Waals surface area contributed by atoms with Gasteiger partial charge in [0, 0.05) is 12.1 Å². The second kappa shape index (κ2) is 4.36. The van der Waals surface area contributed by atoms with Crippen molar-refractivity contribution < 1.29 is 0 Å². The van der Waals surface area contributed by atoms with Crippen LogP contribution in [0, 0.1) is 11.3 Å². The number of rotatable bonds is 3. The minimum Gasteiger partial charge on any atom is -0.302 e. The molecule has 0 radical (unpaired) electrons. The van der Waals surface area contributed by atoms with E-state index in [1.807, 2.05) is 28.8 Å². The lowest BCUT2D eigenvalue weighted by Crippen LogP contribution is -2.01.